The van der Waals surface area contributed by atoms with E-state index in [9.17, 15) is 9.90 Å². The number of methoxy groups -OCH3 is 1. The molecule has 3 fully saturated rings. The number of hydrogen-bond acceptors (Lipinski definition) is 8. The topological polar surface area (TPSA) is 116 Å². The highest BCUT2D eigenvalue weighted by atomic mass is 16.5. The van der Waals surface area contributed by atoms with Crippen LogP contribution in [0, 0.1) is 17.8 Å². The number of nitrogens with one attached hydrogen (secondary N) is 1. The molecule has 10 heteroatoms. The number of anilines is 1. The first-order valence-electron chi connectivity index (χ1n) is 14.7. The molecule has 1 saturated heterocycles. The number of Topliss-reactive ketones (excluding diaryl/α,β-unsaturated/α-hetero) is 1. The zero-order valence-electron chi connectivity index (χ0n) is 24.0. The van der Waals surface area contributed by atoms with Crippen LogP contribution >= 0.6 is 0 Å². The lowest BCUT2D eigenvalue weighted by Crippen LogP contribution is -2.40. The van der Waals surface area contributed by atoms with Gasteiger partial charge in [0.1, 0.15) is 5.54 Å². The van der Waals surface area contributed by atoms with Crippen LogP contribution in [0.4, 0.5) is 5.95 Å². The molecule has 3 aliphatic rings. The summed E-state index contributed by atoms with van der Waals surface area (Å²) in [6.07, 6.45) is 10.7. The van der Waals surface area contributed by atoms with Crippen molar-refractivity contribution < 1.29 is 19.4 Å². The van der Waals surface area contributed by atoms with Crippen LogP contribution in [0.3, 0.4) is 0 Å². The van der Waals surface area contributed by atoms with E-state index in [1.54, 1.807) is 7.11 Å². The third kappa shape index (κ3) is 5.05. The van der Waals surface area contributed by atoms with Crippen LogP contribution in [0.15, 0.2) is 24.7 Å². The molecule has 216 valence electrons. The monoisotopic (exact) mass is 550 g/mol. The van der Waals surface area contributed by atoms with Crippen LogP contribution in [0.25, 0.3) is 16.6 Å². The van der Waals surface area contributed by atoms with E-state index >= 15 is 0 Å². The molecule has 2 aliphatic carbocycles. The lowest BCUT2D eigenvalue weighted by molar-refractivity contribution is -0.130. The Morgan fingerprint density at radius 3 is 2.62 bits per heavy atom. The largest absolute Gasteiger partial charge is 0.393 e. The maximum atomic E-state index is 13.7. The number of fused-ring (bicyclic) bond motifs is 2. The molecule has 2 saturated carbocycles. The molecule has 3 aromatic rings. The number of ether oxygens (including phenoxy) is 2. The maximum absolute atomic E-state index is 13.7. The van der Waals surface area contributed by atoms with Gasteiger partial charge in [0.25, 0.3) is 0 Å². The molecule has 0 spiro atoms. The lowest BCUT2D eigenvalue weighted by atomic mass is 9.85. The lowest BCUT2D eigenvalue weighted by Gasteiger charge is -2.27. The average Bonchev–Trinajstić information content (AvgIpc) is 3.71. The van der Waals surface area contributed by atoms with Crippen LogP contribution in [0.1, 0.15) is 70.9 Å². The number of aromatic nitrogens is 5. The zero-order valence-corrected chi connectivity index (χ0v) is 24.0. The Balaban J connectivity index is 1.31. The van der Waals surface area contributed by atoms with E-state index < -0.39 is 5.54 Å². The predicted molar refractivity (Wildman–Crippen MR) is 151 cm³/mol. The molecule has 40 heavy (non-hydrogen) atoms. The zero-order chi connectivity index (χ0) is 28.0. The van der Waals surface area contributed by atoms with Crippen LogP contribution in [0.5, 0.6) is 0 Å². The number of nitrogens with zero attached hydrogens (tertiary/aromatic N) is 5. The standard InChI is InChI=1S/C30H42N6O4/c1-18(15-39-4)33-29-31-13-27-25(11-26(36(27)34-29)19-5-7-24(37)8-6-19)23-12-32-35(14-23)30(2,3)28(38)20-9-21-16-40-17-22(21)10-20/h11-14,18-22,24,37H,5-10,15-17H2,1-4H3,(H,33,34)/t18-,19-,20?,21-,22+,24-/m0/s1. The van der Waals surface area contributed by atoms with Crippen molar-refractivity contribution in [3.63, 3.8) is 0 Å². The summed E-state index contributed by atoms with van der Waals surface area (Å²) in [5.41, 5.74) is 3.21. The second-order valence-corrected chi connectivity index (χ2v) is 12.7. The molecule has 1 unspecified atom stereocenters. The Morgan fingerprint density at radius 1 is 1.20 bits per heavy atom. The van der Waals surface area contributed by atoms with E-state index in [-0.39, 0.29) is 23.8 Å². The summed E-state index contributed by atoms with van der Waals surface area (Å²) in [4.78, 5) is 18.3. The average molecular weight is 551 g/mol. The highest BCUT2D eigenvalue weighted by Crippen LogP contribution is 2.43. The third-order valence-electron chi connectivity index (χ3n) is 9.40. The summed E-state index contributed by atoms with van der Waals surface area (Å²) in [5, 5.41) is 23.0. The SMILES string of the molecule is COC[C@H](C)Nc1ncc2c(-c3cnn(C(C)(C)C(=O)C4C[C@H]5COC[C@H]5C4)c3)cc([C@H]3CC[C@H](O)CC3)n2n1. The minimum Gasteiger partial charge on any atom is -0.393 e. The van der Waals surface area contributed by atoms with Crippen LogP contribution in [-0.4, -0.2) is 74.3 Å². The van der Waals surface area contributed by atoms with Crippen molar-refractivity contribution >= 4 is 17.2 Å². The van der Waals surface area contributed by atoms with Crippen molar-refractivity contribution in [2.24, 2.45) is 17.8 Å². The number of ketones is 1. The fourth-order valence-corrected chi connectivity index (χ4v) is 7.07. The van der Waals surface area contributed by atoms with E-state index in [0.717, 1.165) is 74.1 Å². The third-order valence-corrected chi connectivity index (χ3v) is 9.40. The van der Waals surface area contributed by atoms with Crippen LogP contribution in [0.2, 0.25) is 0 Å². The molecule has 0 bridgehead atoms. The number of aliphatic hydroxyl groups excluding tert-OH is 1. The second kappa shape index (κ2) is 10.9. The van der Waals surface area contributed by atoms with Gasteiger partial charge in [-0.05, 0) is 77.2 Å². The molecule has 6 rings (SSSR count). The van der Waals surface area contributed by atoms with Crippen molar-refractivity contribution in [1.29, 1.82) is 0 Å². The number of hydrogen-bond donors (Lipinski definition) is 2. The highest BCUT2D eigenvalue weighted by molar-refractivity contribution is 5.88. The summed E-state index contributed by atoms with van der Waals surface area (Å²) in [6, 6.07) is 2.26. The van der Waals surface area contributed by atoms with Gasteiger partial charge in [0.05, 0.1) is 30.6 Å². The number of rotatable bonds is 9. The van der Waals surface area contributed by atoms with Gasteiger partial charge in [-0.3, -0.25) is 9.48 Å². The Hall–Kier alpha value is -2.82. The van der Waals surface area contributed by atoms with Crippen LogP contribution in [-0.2, 0) is 19.8 Å². The van der Waals surface area contributed by atoms with E-state index in [1.807, 2.05) is 48.6 Å². The Morgan fingerprint density at radius 2 is 1.93 bits per heavy atom. The summed E-state index contributed by atoms with van der Waals surface area (Å²) in [5.74, 6) is 2.19. The minimum absolute atomic E-state index is 0.0601. The van der Waals surface area contributed by atoms with Gasteiger partial charge in [0.15, 0.2) is 5.78 Å². The van der Waals surface area contributed by atoms with E-state index in [2.05, 4.69) is 16.4 Å². The van der Waals surface area contributed by atoms with Gasteiger partial charge in [-0.2, -0.15) is 5.10 Å². The van der Waals surface area contributed by atoms with Crippen LogP contribution < -0.4 is 5.32 Å². The van der Waals surface area contributed by atoms with Crippen molar-refractivity contribution in [3.05, 3.63) is 30.4 Å². The van der Waals surface area contributed by atoms with Crippen molar-refractivity contribution in [2.75, 3.05) is 32.2 Å². The first kappa shape index (κ1) is 27.4. The molecule has 10 nitrogen and oxygen atoms in total. The molecule has 2 N–H and O–H groups in total. The summed E-state index contributed by atoms with van der Waals surface area (Å²) in [7, 11) is 1.68. The number of carbonyl (C=O) groups excluding carboxylic acids is 1. The molecule has 4 atom stereocenters. The maximum Gasteiger partial charge on any atom is 0.241 e. The van der Waals surface area contributed by atoms with E-state index in [4.69, 9.17) is 19.7 Å². The van der Waals surface area contributed by atoms with E-state index in [0.29, 0.717) is 30.3 Å². The normalized spacial score (nSPS) is 27.7. The van der Waals surface area contributed by atoms with Gasteiger partial charge in [-0.15, -0.1) is 5.10 Å². The highest BCUT2D eigenvalue weighted by Gasteiger charge is 2.45. The number of aliphatic hydroxyl groups is 1. The molecule has 4 heterocycles. The van der Waals surface area contributed by atoms with Gasteiger partial charge in [0.2, 0.25) is 5.95 Å². The van der Waals surface area contributed by atoms with E-state index in [1.165, 1.54) is 0 Å². The molecular weight excluding hydrogens is 508 g/mol. The molecule has 0 radical (unpaired) electrons. The smallest absolute Gasteiger partial charge is 0.241 e. The first-order valence-corrected chi connectivity index (χ1v) is 14.7. The summed E-state index contributed by atoms with van der Waals surface area (Å²) < 4.78 is 14.7. The second-order valence-electron chi connectivity index (χ2n) is 12.7. The Kier molecular flexibility index (Phi) is 7.43. The quantitative estimate of drug-likeness (QED) is 0.410. The fourth-order valence-electron chi connectivity index (χ4n) is 7.07. The molecule has 3 aromatic heterocycles. The first-order chi connectivity index (χ1) is 19.2. The van der Waals surface area contributed by atoms with Crippen molar-refractivity contribution in [3.8, 4) is 11.1 Å². The molecular formula is C30H42N6O4. The molecule has 0 aromatic carbocycles. The fraction of sp³-hybridized carbons (Fsp3) is 0.667. The van der Waals surface area contributed by atoms with Gasteiger partial charge in [-0.25, -0.2) is 9.50 Å². The molecule has 0 amide bonds. The van der Waals surface area contributed by atoms with Gasteiger partial charge >= 0.3 is 0 Å². The number of carbonyl (C=O) groups is 1. The Labute approximate surface area is 235 Å². The molecule has 1 aliphatic heterocycles. The predicted octanol–water partition coefficient (Wildman–Crippen LogP) is 4.03. The van der Waals surface area contributed by atoms with Gasteiger partial charge < -0.3 is 19.9 Å². The van der Waals surface area contributed by atoms with Gasteiger partial charge in [-0.1, -0.05) is 0 Å². The van der Waals surface area contributed by atoms with Gasteiger partial charge in [0, 0.05) is 61.2 Å². The van der Waals surface area contributed by atoms with Crippen molar-refractivity contribution in [2.45, 2.75) is 82.9 Å². The minimum atomic E-state index is -0.745. The van der Waals surface area contributed by atoms with Crippen molar-refractivity contribution in [1.82, 2.24) is 24.4 Å². The summed E-state index contributed by atoms with van der Waals surface area (Å²) in [6.45, 7) is 8.12. The Bertz CT molecular complexity index is 1350. The summed E-state index contributed by atoms with van der Waals surface area (Å²) >= 11 is 0.